The molecule has 1 aliphatic rings. The summed E-state index contributed by atoms with van der Waals surface area (Å²) >= 11 is 6.28. The van der Waals surface area contributed by atoms with E-state index in [0.29, 0.717) is 16.4 Å². The average Bonchev–Trinajstić information content (AvgIpc) is 2.89. The Morgan fingerprint density at radius 3 is 2.81 bits per heavy atom. The second kappa shape index (κ2) is 5.30. The first kappa shape index (κ1) is 13.8. The van der Waals surface area contributed by atoms with Gasteiger partial charge in [-0.1, -0.05) is 0 Å². The van der Waals surface area contributed by atoms with E-state index < -0.39 is 18.1 Å². The molecule has 0 radical (unpaired) electrons. The summed E-state index contributed by atoms with van der Waals surface area (Å²) in [6.45, 7) is -0.260. The fourth-order valence-corrected chi connectivity index (χ4v) is 3.21. The van der Waals surface area contributed by atoms with E-state index in [0.717, 1.165) is 10.1 Å². The molecular weight excluding hydrogens is 314 g/mol. The number of ether oxygens (including phenoxy) is 2. The molecule has 8 heteroatoms. The Kier molecular flexibility index (Phi) is 3.48. The Morgan fingerprint density at radius 1 is 1.33 bits per heavy atom. The van der Waals surface area contributed by atoms with Crippen LogP contribution in [0.5, 0.6) is 11.5 Å². The summed E-state index contributed by atoms with van der Waals surface area (Å²) < 4.78 is 11.8. The first-order valence-electron chi connectivity index (χ1n) is 5.91. The molecule has 1 N–H and O–H groups in total. The van der Waals surface area contributed by atoms with Crippen molar-refractivity contribution in [3.63, 3.8) is 0 Å². The Balaban J connectivity index is 2.06. The molecule has 0 unspecified atom stereocenters. The van der Waals surface area contributed by atoms with Gasteiger partial charge < -0.3 is 14.6 Å². The lowest BCUT2D eigenvalue weighted by atomic mass is 10.2. The summed E-state index contributed by atoms with van der Waals surface area (Å²) in [4.78, 5) is 23.4. The van der Waals surface area contributed by atoms with E-state index in [2.05, 4.69) is 0 Å². The monoisotopic (exact) mass is 323 g/mol. The number of carbonyl (C=O) groups is 1. The maximum Gasteiger partial charge on any atom is 0.323 e. The normalized spacial score (nSPS) is 12.4. The lowest BCUT2D eigenvalue weighted by Gasteiger charge is -2.05. The van der Waals surface area contributed by atoms with Crippen LogP contribution >= 0.6 is 23.6 Å². The van der Waals surface area contributed by atoms with Crippen molar-refractivity contribution in [3.8, 4) is 21.9 Å². The van der Waals surface area contributed by atoms with Crippen molar-refractivity contribution in [2.45, 2.75) is 6.54 Å². The van der Waals surface area contributed by atoms with Crippen LogP contribution in [-0.4, -0.2) is 22.4 Å². The second-order valence-electron chi connectivity index (χ2n) is 4.26. The van der Waals surface area contributed by atoms with Gasteiger partial charge in [0.2, 0.25) is 6.79 Å². The van der Waals surface area contributed by atoms with E-state index in [1.165, 1.54) is 17.4 Å². The molecule has 0 fully saturated rings. The summed E-state index contributed by atoms with van der Waals surface area (Å²) in [5.41, 5.74) is 0.337. The van der Waals surface area contributed by atoms with E-state index in [4.69, 9.17) is 26.8 Å². The largest absolute Gasteiger partial charge is 0.480 e. The summed E-state index contributed by atoms with van der Waals surface area (Å²) in [7, 11) is 0. The highest BCUT2D eigenvalue weighted by molar-refractivity contribution is 7.73. The highest BCUT2D eigenvalue weighted by Crippen LogP contribution is 2.36. The van der Waals surface area contributed by atoms with Gasteiger partial charge in [0.15, 0.2) is 15.5 Å². The molecule has 0 spiro atoms. The minimum absolute atomic E-state index is 0.175. The van der Waals surface area contributed by atoms with Crippen LogP contribution in [-0.2, 0) is 11.3 Å². The van der Waals surface area contributed by atoms with Gasteiger partial charge in [-0.2, -0.15) is 0 Å². The van der Waals surface area contributed by atoms with Gasteiger partial charge in [-0.25, -0.2) is 0 Å². The van der Waals surface area contributed by atoms with Crippen molar-refractivity contribution in [1.82, 2.24) is 4.57 Å². The minimum atomic E-state index is -1.11. The lowest BCUT2D eigenvalue weighted by Crippen LogP contribution is -2.23. The number of aromatic nitrogens is 1. The number of fused-ring (bicyclic) bond motifs is 1. The smallest absolute Gasteiger partial charge is 0.323 e. The van der Waals surface area contributed by atoms with Crippen LogP contribution in [0.4, 0.5) is 0 Å². The number of hydrogen-bond donors (Lipinski definition) is 1. The van der Waals surface area contributed by atoms with Crippen molar-refractivity contribution in [2.75, 3.05) is 6.79 Å². The third kappa shape index (κ3) is 2.67. The first-order chi connectivity index (χ1) is 10.0. The maximum absolute atomic E-state index is 12.0. The van der Waals surface area contributed by atoms with E-state index >= 15 is 0 Å². The van der Waals surface area contributed by atoms with Gasteiger partial charge in [0.1, 0.15) is 6.54 Å². The number of nitrogens with zero attached hydrogens (tertiary/aromatic N) is 1. The molecule has 0 atom stereocenters. The molecule has 0 amide bonds. The molecule has 0 aliphatic carbocycles. The summed E-state index contributed by atoms with van der Waals surface area (Å²) in [5.74, 6) is 0.160. The van der Waals surface area contributed by atoms with Gasteiger partial charge in [0.25, 0.3) is 5.56 Å². The lowest BCUT2D eigenvalue weighted by molar-refractivity contribution is -0.137. The zero-order valence-corrected chi connectivity index (χ0v) is 12.2. The van der Waals surface area contributed by atoms with Crippen molar-refractivity contribution in [3.05, 3.63) is 38.6 Å². The maximum atomic E-state index is 12.0. The highest BCUT2D eigenvalue weighted by Gasteiger charge is 2.15. The molecule has 0 saturated carbocycles. The molecule has 0 saturated heterocycles. The summed E-state index contributed by atoms with van der Waals surface area (Å²) in [5, 5.41) is 8.78. The molecule has 2 aromatic rings. The van der Waals surface area contributed by atoms with Crippen molar-refractivity contribution < 1.29 is 19.4 Å². The van der Waals surface area contributed by atoms with Crippen molar-refractivity contribution >= 4 is 29.5 Å². The third-order valence-electron chi connectivity index (χ3n) is 2.89. The fourth-order valence-electron chi connectivity index (χ4n) is 1.93. The summed E-state index contributed by atoms with van der Waals surface area (Å²) in [6.07, 6.45) is 0. The van der Waals surface area contributed by atoms with Gasteiger partial charge >= 0.3 is 5.97 Å². The zero-order chi connectivity index (χ0) is 15.0. The summed E-state index contributed by atoms with van der Waals surface area (Å²) in [6, 6.07) is 6.70. The molecule has 1 aromatic carbocycles. The average molecular weight is 323 g/mol. The predicted octanol–water partition coefficient (Wildman–Crippen LogP) is 2.12. The zero-order valence-electron chi connectivity index (χ0n) is 10.6. The molecule has 2 heterocycles. The van der Waals surface area contributed by atoms with Gasteiger partial charge in [0.05, 0.1) is 0 Å². The Bertz CT molecular complexity index is 808. The Morgan fingerprint density at radius 2 is 2.10 bits per heavy atom. The molecular formula is C13H9NO5S2. The van der Waals surface area contributed by atoms with Crippen LogP contribution in [0.2, 0.25) is 0 Å². The van der Waals surface area contributed by atoms with Crippen LogP contribution in [0.25, 0.3) is 10.4 Å². The van der Waals surface area contributed by atoms with Crippen molar-refractivity contribution in [2.24, 2.45) is 0 Å². The predicted molar refractivity (Wildman–Crippen MR) is 78.6 cm³/mol. The first-order valence-corrected chi connectivity index (χ1v) is 7.14. The molecule has 108 valence electrons. The van der Waals surface area contributed by atoms with Gasteiger partial charge in [-0.05, 0) is 36.0 Å². The SMILES string of the molecule is O=C(O)Cn1c(=O)cc(-c2ccc3c(c2)OCO3)sc1=S. The van der Waals surface area contributed by atoms with Crippen LogP contribution < -0.4 is 15.0 Å². The third-order valence-corrected chi connectivity index (χ3v) is 4.33. The minimum Gasteiger partial charge on any atom is -0.480 e. The van der Waals surface area contributed by atoms with Crippen LogP contribution in [0, 0.1) is 3.95 Å². The Hall–Kier alpha value is -2.19. The molecule has 3 rings (SSSR count). The quantitative estimate of drug-likeness (QED) is 0.872. The molecule has 1 aromatic heterocycles. The van der Waals surface area contributed by atoms with Crippen LogP contribution in [0.15, 0.2) is 29.1 Å². The molecule has 21 heavy (non-hydrogen) atoms. The van der Waals surface area contributed by atoms with Gasteiger partial charge in [-0.15, -0.1) is 11.3 Å². The van der Waals surface area contributed by atoms with E-state index in [1.54, 1.807) is 18.2 Å². The van der Waals surface area contributed by atoms with E-state index in [-0.39, 0.29) is 10.7 Å². The Labute approximate surface area is 127 Å². The molecule has 6 nitrogen and oxygen atoms in total. The van der Waals surface area contributed by atoms with Gasteiger partial charge in [-0.3, -0.25) is 14.2 Å². The van der Waals surface area contributed by atoms with E-state index in [1.807, 2.05) is 0 Å². The van der Waals surface area contributed by atoms with E-state index in [9.17, 15) is 9.59 Å². The standard InChI is InChI=1S/C13H9NO5S2/c15-11-4-10(21-13(20)14(11)5-12(16)17)7-1-2-8-9(3-7)19-6-18-8/h1-4H,5-6H2,(H,16,17). The van der Waals surface area contributed by atoms with Crippen molar-refractivity contribution in [1.29, 1.82) is 0 Å². The van der Waals surface area contributed by atoms with Gasteiger partial charge in [0, 0.05) is 10.9 Å². The molecule has 1 aliphatic heterocycles. The number of aliphatic carboxylic acids is 1. The number of hydrogen-bond acceptors (Lipinski definition) is 6. The van der Waals surface area contributed by atoms with Crippen LogP contribution in [0.1, 0.15) is 0 Å². The fraction of sp³-hybridized carbons (Fsp3) is 0.154. The number of carboxylic acid groups (broad SMARTS) is 1. The highest BCUT2D eigenvalue weighted by atomic mass is 32.1. The van der Waals surface area contributed by atoms with Crippen LogP contribution in [0.3, 0.4) is 0 Å². The molecule has 0 bridgehead atoms. The number of benzene rings is 1. The number of rotatable bonds is 3. The second-order valence-corrected chi connectivity index (χ2v) is 5.94. The number of carboxylic acids is 1. The topological polar surface area (TPSA) is 77.8 Å².